The van der Waals surface area contributed by atoms with Gasteiger partial charge in [0.25, 0.3) is 0 Å². The molecule has 0 aliphatic carbocycles. The van der Waals surface area contributed by atoms with Gasteiger partial charge in [0.05, 0.1) is 10.6 Å². The second-order valence-electron chi connectivity index (χ2n) is 3.62. The number of hydrogen-bond donors (Lipinski definition) is 0. The Morgan fingerprint density at radius 2 is 2.00 bits per heavy atom. The van der Waals surface area contributed by atoms with Gasteiger partial charge < -0.3 is 4.74 Å². The molecule has 100 valence electrons. The number of hydrogen-bond acceptors (Lipinski definition) is 4. The Morgan fingerprint density at radius 1 is 1.32 bits per heavy atom. The predicted molar refractivity (Wildman–Crippen MR) is 63.4 cm³/mol. The first-order valence-electron chi connectivity index (χ1n) is 5.18. The van der Waals surface area contributed by atoms with E-state index in [1.54, 1.807) is 6.92 Å². The van der Waals surface area contributed by atoms with Gasteiger partial charge in [0.2, 0.25) is 5.78 Å². The van der Waals surface area contributed by atoms with Crippen LogP contribution in [-0.4, -0.2) is 17.1 Å². The lowest BCUT2D eigenvalue weighted by molar-refractivity contribution is -0.274. The van der Waals surface area contributed by atoms with Gasteiger partial charge >= 0.3 is 6.36 Å². The average molecular weight is 287 g/mol. The number of alkyl halides is 3. The summed E-state index contributed by atoms with van der Waals surface area (Å²) in [7, 11) is 0. The highest BCUT2D eigenvalue weighted by molar-refractivity contribution is 7.09. The Balaban J connectivity index is 2.37. The van der Waals surface area contributed by atoms with Crippen LogP contribution < -0.4 is 4.74 Å². The molecule has 1 aromatic heterocycles. The minimum Gasteiger partial charge on any atom is -0.405 e. The maximum atomic E-state index is 12.2. The number of benzene rings is 1. The molecule has 0 saturated heterocycles. The van der Waals surface area contributed by atoms with Crippen LogP contribution in [0.5, 0.6) is 5.75 Å². The Hall–Kier alpha value is -1.89. The molecule has 0 spiro atoms. The van der Waals surface area contributed by atoms with Crippen LogP contribution >= 0.6 is 11.3 Å². The minimum atomic E-state index is -4.84. The molecule has 19 heavy (non-hydrogen) atoms. The van der Waals surface area contributed by atoms with Gasteiger partial charge in [-0.15, -0.1) is 24.5 Å². The van der Waals surface area contributed by atoms with E-state index in [1.807, 2.05) is 0 Å². The molecule has 0 N–H and O–H groups in total. The van der Waals surface area contributed by atoms with Crippen LogP contribution in [0.15, 0.2) is 29.6 Å². The summed E-state index contributed by atoms with van der Waals surface area (Å²) in [5.41, 5.74) is -0.0501. The van der Waals surface area contributed by atoms with Crippen LogP contribution in [0.4, 0.5) is 13.2 Å². The van der Waals surface area contributed by atoms with E-state index in [4.69, 9.17) is 0 Å². The first kappa shape index (κ1) is 13.5. The highest BCUT2D eigenvalue weighted by Gasteiger charge is 2.33. The number of ether oxygens (including phenoxy) is 1. The maximum absolute atomic E-state index is 12.2. The summed E-state index contributed by atoms with van der Waals surface area (Å²) < 4.78 is 40.6. The molecule has 7 heteroatoms. The Bertz CT molecular complexity index is 607. The summed E-state index contributed by atoms with van der Waals surface area (Å²) >= 11 is 1.25. The molecular formula is C12H8F3NO2S. The van der Waals surface area contributed by atoms with Crippen molar-refractivity contribution < 1.29 is 22.7 Å². The van der Waals surface area contributed by atoms with Crippen molar-refractivity contribution in [1.29, 1.82) is 0 Å². The zero-order valence-electron chi connectivity index (χ0n) is 9.69. The number of aryl methyl sites for hydroxylation is 1. The van der Waals surface area contributed by atoms with Gasteiger partial charge in [0.15, 0.2) is 0 Å². The van der Waals surface area contributed by atoms with Crippen molar-refractivity contribution in [3.05, 3.63) is 45.9 Å². The number of ketones is 1. The predicted octanol–water partition coefficient (Wildman–Crippen LogP) is 3.58. The summed E-state index contributed by atoms with van der Waals surface area (Å²) in [6.07, 6.45) is -4.84. The molecule has 0 amide bonds. The third kappa shape index (κ3) is 3.31. The molecule has 0 unspecified atom stereocenters. The molecular weight excluding hydrogens is 279 g/mol. The van der Waals surface area contributed by atoms with Gasteiger partial charge in [-0.2, -0.15) is 0 Å². The van der Waals surface area contributed by atoms with Gasteiger partial charge in [-0.1, -0.05) is 12.1 Å². The molecule has 0 aliphatic rings. The number of rotatable bonds is 3. The van der Waals surface area contributed by atoms with E-state index in [9.17, 15) is 18.0 Å². The van der Waals surface area contributed by atoms with Crippen LogP contribution in [0, 0.1) is 6.92 Å². The average Bonchev–Trinajstić information content (AvgIpc) is 2.74. The van der Waals surface area contributed by atoms with Crippen LogP contribution in [0.2, 0.25) is 0 Å². The van der Waals surface area contributed by atoms with E-state index >= 15 is 0 Å². The van der Waals surface area contributed by atoms with Crippen molar-refractivity contribution in [3.63, 3.8) is 0 Å². The fourth-order valence-electron chi connectivity index (χ4n) is 1.47. The number of para-hydroxylation sites is 1. The van der Waals surface area contributed by atoms with Crippen molar-refractivity contribution in [2.24, 2.45) is 0 Å². The molecule has 0 saturated carbocycles. The maximum Gasteiger partial charge on any atom is 0.573 e. The van der Waals surface area contributed by atoms with Crippen LogP contribution in [0.1, 0.15) is 21.1 Å². The Morgan fingerprint density at radius 3 is 2.58 bits per heavy atom. The topological polar surface area (TPSA) is 39.2 Å². The summed E-state index contributed by atoms with van der Waals surface area (Å²) in [5.74, 6) is -1.12. The Kier molecular flexibility index (Phi) is 3.57. The number of carbonyl (C=O) groups excluding carboxylic acids is 1. The van der Waals surface area contributed by atoms with Gasteiger partial charge in [0, 0.05) is 5.38 Å². The standard InChI is InChI=1S/C12H8F3NO2S/c1-7-16-9(6-19-7)11(17)8-4-2-3-5-10(8)18-12(13,14)15/h2-6H,1H3. The van der Waals surface area contributed by atoms with E-state index in [1.165, 1.54) is 34.9 Å². The summed E-state index contributed by atoms with van der Waals surface area (Å²) in [6, 6.07) is 5.21. The smallest absolute Gasteiger partial charge is 0.405 e. The van der Waals surface area contributed by atoms with Crippen molar-refractivity contribution in [2.45, 2.75) is 13.3 Å². The van der Waals surface area contributed by atoms with Gasteiger partial charge in [-0.3, -0.25) is 4.79 Å². The van der Waals surface area contributed by atoms with E-state index in [0.29, 0.717) is 5.01 Å². The quantitative estimate of drug-likeness (QED) is 0.810. The van der Waals surface area contributed by atoms with Crippen molar-refractivity contribution >= 4 is 17.1 Å². The monoisotopic (exact) mass is 287 g/mol. The van der Waals surface area contributed by atoms with E-state index in [-0.39, 0.29) is 11.3 Å². The van der Waals surface area contributed by atoms with Crippen LogP contribution in [-0.2, 0) is 0 Å². The lowest BCUT2D eigenvalue weighted by Gasteiger charge is -2.11. The fourth-order valence-corrected chi connectivity index (χ4v) is 2.07. The molecule has 1 heterocycles. The minimum absolute atomic E-state index is 0.112. The highest BCUT2D eigenvalue weighted by Crippen LogP contribution is 2.28. The largest absolute Gasteiger partial charge is 0.573 e. The second kappa shape index (κ2) is 5.00. The van der Waals surface area contributed by atoms with Crippen LogP contribution in [0.25, 0.3) is 0 Å². The van der Waals surface area contributed by atoms with Gasteiger partial charge in [-0.05, 0) is 19.1 Å². The highest BCUT2D eigenvalue weighted by atomic mass is 32.1. The number of carbonyl (C=O) groups is 1. The summed E-state index contributed by atoms with van der Waals surface area (Å²) in [5, 5.41) is 2.17. The van der Waals surface area contributed by atoms with Crippen molar-refractivity contribution in [1.82, 2.24) is 4.98 Å². The van der Waals surface area contributed by atoms with Gasteiger partial charge in [-0.25, -0.2) is 4.98 Å². The zero-order chi connectivity index (χ0) is 14.0. The van der Waals surface area contributed by atoms with E-state index < -0.39 is 17.9 Å². The van der Waals surface area contributed by atoms with Gasteiger partial charge in [0.1, 0.15) is 11.4 Å². The first-order chi connectivity index (χ1) is 8.87. The Labute approximate surface area is 110 Å². The first-order valence-corrected chi connectivity index (χ1v) is 6.06. The van der Waals surface area contributed by atoms with E-state index in [0.717, 1.165) is 6.07 Å². The SMILES string of the molecule is Cc1nc(C(=O)c2ccccc2OC(F)(F)F)cs1. The zero-order valence-corrected chi connectivity index (χ0v) is 10.5. The number of nitrogens with zero attached hydrogens (tertiary/aromatic N) is 1. The molecule has 3 nitrogen and oxygen atoms in total. The molecule has 0 aliphatic heterocycles. The molecule has 2 rings (SSSR count). The normalized spacial score (nSPS) is 11.4. The number of thiazole rings is 1. The van der Waals surface area contributed by atoms with Crippen molar-refractivity contribution in [2.75, 3.05) is 0 Å². The molecule has 0 radical (unpaired) electrons. The third-order valence-electron chi connectivity index (χ3n) is 2.21. The summed E-state index contributed by atoms with van der Waals surface area (Å²) in [6.45, 7) is 1.71. The van der Waals surface area contributed by atoms with Crippen molar-refractivity contribution in [3.8, 4) is 5.75 Å². The lowest BCUT2D eigenvalue weighted by Crippen LogP contribution is -2.19. The van der Waals surface area contributed by atoms with E-state index in [2.05, 4.69) is 9.72 Å². The number of aromatic nitrogens is 1. The third-order valence-corrected chi connectivity index (χ3v) is 2.98. The molecule has 0 fully saturated rings. The summed E-state index contributed by atoms with van der Waals surface area (Å²) in [4.78, 5) is 16.0. The lowest BCUT2D eigenvalue weighted by atomic mass is 10.1. The van der Waals surface area contributed by atoms with Crippen LogP contribution in [0.3, 0.4) is 0 Å². The molecule has 2 aromatic rings. The molecule has 1 aromatic carbocycles. The second-order valence-corrected chi connectivity index (χ2v) is 4.69. The number of halogens is 3. The fraction of sp³-hybridized carbons (Fsp3) is 0.167. The molecule has 0 atom stereocenters. The molecule has 0 bridgehead atoms.